The van der Waals surface area contributed by atoms with E-state index in [9.17, 15) is 5.11 Å². The second kappa shape index (κ2) is 2.96. The monoisotopic (exact) mass is 195 g/mol. The van der Waals surface area contributed by atoms with Crippen LogP contribution >= 0.6 is 0 Å². The van der Waals surface area contributed by atoms with Gasteiger partial charge in [-0.1, -0.05) is 6.42 Å². The van der Waals surface area contributed by atoms with Gasteiger partial charge in [-0.05, 0) is 62.3 Å². The molecule has 3 rings (SSSR count). The first-order valence-electron chi connectivity index (χ1n) is 6.17. The van der Waals surface area contributed by atoms with Gasteiger partial charge >= 0.3 is 0 Å². The molecule has 3 aliphatic carbocycles. The van der Waals surface area contributed by atoms with E-state index in [1.807, 2.05) is 0 Å². The number of nitrogens with two attached hydrogens (primary N) is 1. The first-order chi connectivity index (χ1) is 6.74. The van der Waals surface area contributed by atoms with Crippen LogP contribution in [0, 0.1) is 23.7 Å². The summed E-state index contributed by atoms with van der Waals surface area (Å²) in [6, 6.07) is 0. The Balaban J connectivity index is 1.82. The van der Waals surface area contributed by atoms with Crippen LogP contribution in [0.2, 0.25) is 0 Å². The summed E-state index contributed by atoms with van der Waals surface area (Å²) in [5, 5.41) is 10.5. The molecule has 14 heavy (non-hydrogen) atoms. The Hall–Kier alpha value is -0.0800. The zero-order valence-electron chi connectivity index (χ0n) is 8.78. The summed E-state index contributed by atoms with van der Waals surface area (Å²) in [7, 11) is 0. The average molecular weight is 195 g/mol. The molecule has 3 saturated carbocycles. The van der Waals surface area contributed by atoms with Crippen molar-refractivity contribution in [3.63, 3.8) is 0 Å². The smallest absolute Gasteiger partial charge is 0.0693 e. The molecule has 0 spiro atoms. The fraction of sp³-hybridized carbons (Fsp3) is 1.00. The molecule has 3 aliphatic rings. The average Bonchev–Trinajstić information content (AvgIpc) is 2.72. The van der Waals surface area contributed by atoms with E-state index in [1.165, 1.54) is 25.7 Å². The lowest BCUT2D eigenvalue weighted by Crippen LogP contribution is -2.42. The molecule has 5 unspecified atom stereocenters. The van der Waals surface area contributed by atoms with Gasteiger partial charge in [-0.3, -0.25) is 0 Å². The second-order valence-electron chi connectivity index (χ2n) is 5.71. The van der Waals surface area contributed by atoms with Gasteiger partial charge in [0.1, 0.15) is 0 Å². The summed E-state index contributed by atoms with van der Waals surface area (Å²) < 4.78 is 0. The van der Waals surface area contributed by atoms with E-state index in [2.05, 4.69) is 0 Å². The molecule has 2 bridgehead atoms. The minimum atomic E-state index is -0.370. The third-order valence-corrected chi connectivity index (χ3v) is 5.19. The zero-order chi connectivity index (χ0) is 9.76. The molecule has 0 saturated heterocycles. The summed E-state index contributed by atoms with van der Waals surface area (Å²) in [5.41, 5.74) is 5.23. The van der Waals surface area contributed by atoms with Crippen LogP contribution in [-0.4, -0.2) is 17.3 Å². The third-order valence-electron chi connectivity index (χ3n) is 5.19. The number of fused-ring (bicyclic) bond motifs is 5. The van der Waals surface area contributed by atoms with Crippen molar-refractivity contribution in [1.82, 2.24) is 0 Å². The maximum atomic E-state index is 10.5. The highest BCUT2D eigenvalue weighted by molar-refractivity contribution is 5.09. The van der Waals surface area contributed by atoms with Crippen LogP contribution in [-0.2, 0) is 0 Å². The summed E-state index contributed by atoms with van der Waals surface area (Å²) in [4.78, 5) is 0. The van der Waals surface area contributed by atoms with E-state index in [0.717, 1.165) is 30.6 Å². The van der Waals surface area contributed by atoms with Crippen LogP contribution in [0.4, 0.5) is 0 Å². The van der Waals surface area contributed by atoms with Crippen molar-refractivity contribution < 1.29 is 5.11 Å². The van der Waals surface area contributed by atoms with E-state index in [4.69, 9.17) is 5.73 Å². The number of aliphatic hydroxyl groups is 1. The van der Waals surface area contributed by atoms with Crippen LogP contribution in [0.1, 0.15) is 38.5 Å². The molecular weight excluding hydrogens is 174 g/mol. The van der Waals surface area contributed by atoms with Gasteiger partial charge in [0, 0.05) is 0 Å². The molecular formula is C12H21NO. The summed E-state index contributed by atoms with van der Waals surface area (Å²) in [6.07, 6.45) is 7.39. The normalized spacial score (nSPS) is 55.3. The Bertz CT molecular complexity index is 242. The van der Waals surface area contributed by atoms with E-state index >= 15 is 0 Å². The number of rotatable bonds is 2. The van der Waals surface area contributed by atoms with Crippen molar-refractivity contribution in [3.05, 3.63) is 0 Å². The highest BCUT2D eigenvalue weighted by Gasteiger charge is 2.59. The van der Waals surface area contributed by atoms with Crippen LogP contribution in [0.5, 0.6) is 0 Å². The lowest BCUT2D eigenvalue weighted by Gasteiger charge is -2.38. The quantitative estimate of drug-likeness (QED) is 0.702. The van der Waals surface area contributed by atoms with Gasteiger partial charge in [-0.2, -0.15) is 0 Å². The Morgan fingerprint density at radius 3 is 2.86 bits per heavy atom. The van der Waals surface area contributed by atoms with Crippen molar-refractivity contribution in [2.45, 2.75) is 44.1 Å². The lowest BCUT2D eigenvalue weighted by atomic mass is 9.71. The minimum Gasteiger partial charge on any atom is -0.390 e. The van der Waals surface area contributed by atoms with E-state index in [-0.39, 0.29) is 5.60 Å². The second-order valence-corrected chi connectivity index (χ2v) is 5.71. The SMILES string of the molecule is NCCC1(O)CC2CC1C1CCCC21. The largest absolute Gasteiger partial charge is 0.390 e. The first-order valence-corrected chi connectivity index (χ1v) is 6.17. The molecule has 80 valence electrons. The Kier molecular flexibility index (Phi) is 1.94. The van der Waals surface area contributed by atoms with Gasteiger partial charge in [0.05, 0.1) is 5.60 Å². The van der Waals surface area contributed by atoms with Gasteiger partial charge in [0.2, 0.25) is 0 Å². The zero-order valence-corrected chi connectivity index (χ0v) is 8.78. The molecule has 2 nitrogen and oxygen atoms in total. The first kappa shape index (κ1) is 9.17. The lowest BCUT2D eigenvalue weighted by molar-refractivity contribution is -0.0499. The van der Waals surface area contributed by atoms with Crippen molar-refractivity contribution in [2.75, 3.05) is 6.54 Å². The molecule has 0 heterocycles. The third kappa shape index (κ3) is 1.04. The molecule has 0 radical (unpaired) electrons. The number of hydrogen-bond acceptors (Lipinski definition) is 2. The fourth-order valence-electron chi connectivity index (χ4n) is 4.77. The van der Waals surface area contributed by atoms with Gasteiger partial charge in [0.15, 0.2) is 0 Å². The fourth-order valence-corrected chi connectivity index (χ4v) is 4.77. The molecule has 5 atom stereocenters. The molecule has 0 aromatic heterocycles. The van der Waals surface area contributed by atoms with Crippen LogP contribution in [0.3, 0.4) is 0 Å². The highest BCUT2D eigenvalue weighted by atomic mass is 16.3. The summed E-state index contributed by atoms with van der Waals surface area (Å²) in [6.45, 7) is 0.650. The predicted molar refractivity (Wildman–Crippen MR) is 55.7 cm³/mol. The Labute approximate surface area is 85.9 Å². The Morgan fingerprint density at radius 1 is 1.29 bits per heavy atom. The van der Waals surface area contributed by atoms with Crippen molar-refractivity contribution in [1.29, 1.82) is 0 Å². The van der Waals surface area contributed by atoms with Crippen LogP contribution in [0.25, 0.3) is 0 Å². The van der Waals surface area contributed by atoms with Crippen LogP contribution in [0.15, 0.2) is 0 Å². The predicted octanol–water partition coefficient (Wildman–Crippen LogP) is 1.52. The van der Waals surface area contributed by atoms with Crippen molar-refractivity contribution in [3.8, 4) is 0 Å². The van der Waals surface area contributed by atoms with E-state index in [0.29, 0.717) is 12.5 Å². The maximum Gasteiger partial charge on any atom is 0.0693 e. The Morgan fingerprint density at radius 2 is 2.07 bits per heavy atom. The van der Waals surface area contributed by atoms with Crippen molar-refractivity contribution >= 4 is 0 Å². The molecule has 0 aromatic rings. The topological polar surface area (TPSA) is 46.2 Å². The highest BCUT2D eigenvalue weighted by Crippen LogP contribution is 2.62. The van der Waals surface area contributed by atoms with Gasteiger partial charge in [-0.15, -0.1) is 0 Å². The molecule has 3 N–H and O–H groups in total. The molecule has 0 aromatic carbocycles. The molecule has 0 aliphatic heterocycles. The standard InChI is InChI=1S/C12H21NO/c13-5-4-12(14)7-8-6-11(12)10-3-1-2-9(8)10/h8-11,14H,1-7,13H2. The van der Waals surface area contributed by atoms with Crippen molar-refractivity contribution in [2.24, 2.45) is 29.4 Å². The van der Waals surface area contributed by atoms with E-state index in [1.54, 1.807) is 0 Å². The van der Waals surface area contributed by atoms with Gasteiger partial charge in [-0.25, -0.2) is 0 Å². The maximum absolute atomic E-state index is 10.5. The number of hydrogen-bond donors (Lipinski definition) is 2. The van der Waals surface area contributed by atoms with Gasteiger partial charge < -0.3 is 10.8 Å². The summed E-state index contributed by atoms with van der Waals surface area (Å²) in [5.74, 6) is 3.26. The molecule has 3 fully saturated rings. The molecule has 0 amide bonds. The minimum absolute atomic E-state index is 0.370. The van der Waals surface area contributed by atoms with E-state index < -0.39 is 0 Å². The summed E-state index contributed by atoms with van der Waals surface area (Å²) >= 11 is 0. The van der Waals surface area contributed by atoms with Gasteiger partial charge in [0.25, 0.3) is 0 Å². The molecule has 2 heteroatoms. The van der Waals surface area contributed by atoms with Crippen LogP contribution < -0.4 is 5.73 Å².